The number of carbonyl (C=O) groups excluding carboxylic acids is 1. The number of amides is 1. The summed E-state index contributed by atoms with van der Waals surface area (Å²) in [6.07, 6.45) is 7.50. The number of nitrogens with zero attached hydrogens (tertiary/aromatic N) is 2. The lowest BCUT2D eigenvalue weighted by Gasteiger charge is -2.37. The second-order valence-corrected chi connectivity index (χ2v) is 8.39. The van der Waals surface area contributed by atoms with Gasteiger partial charge in [0.05, 0.1) is 6.54 Å². The summed E-state index contributed by atoms with van der Waals surface area (Å²) in [5.74, 6) is -0.292. The Labute approximate surface area is 177 Å². The highest BCUT2D eigenvalue weighted by atomic mass is 19.3. The molecule has 1 amide bonds. The van der Waals surface area contributed by atoms with E-state index in [4.69, 9.17) is 0 Å². The minimum absolute atomic E-state index is 0.0269. The maximum Gasteiger partial charge on any atom is 0.260 e. The summed E-state index contributed by atoms with van der Waals surface area (Å²) in [7, 11) is 0. The van der Waals surface area contributed by atoms with E-state index in [-0.39, 0.29) is 13.0 Å². The molecule has 6 heteroatoms. The highest BCUT2D eigenvalue weighted by molar-refractivity contribution is 5.75. The molecule has 0 aromatic carbocycles. The molecule has 4 nitrogen and oxygen atoms in total. The number of halogens is 2. The number of likely N-dealkylation sites (tertiary alicyclic amines) is 2. The second-order valence-electron chi connectivity index (χ2n) is 8.39. The zero-order chi connectivity index (χ0) is 21.7. The third-order valence-electron chi connectivity index (χ3n) is 6.26. The Morgan fingerprint density at radius 3 is 2.10 bits per heavy atom. The Morgan fingerprint density at radius 1 is 1.00 bits per heavy atom. The number of hydrogen-bond donors (Lipinski definition) is 1. The number of piperidine rings is 3. The molecule has 0 bridgehead atoms. The van der Waals surface area contributed by atoms with Crippen LogP contribution in [-0.2, 0) is 4.79 Å². The van der Waals surface area contributed by atoms with Crippen LogP contribution in [0, 0.1) is 11.8 Å². The van der Waals surface area contributed by atoms with E-state index >= 15 is 0 Å². The van der Waals surface area contributed by atoms with Crippen molar-refractivity contribution in [3.63, 3.8) is 0 Å². The summed E-state index contributed by atoms with van der Waals surface area (Å²) in [6, 6.07) is 0. The van der Waals surface area contributed by atoms with Crippen LogP contribution in [-0.4, -0.2) is 67.4 Å². The first kappa shape index (κ1) is 26.3. The summed E-state index contributed by atoms with van der Waals surface area (Å²) in [5, 5.41) is 3.43. The third-order valence-corrected chi connectivity index (χ3v) is 6.26. The standard InChI is InChI=1S/C13H24N2O.C8H15F2N.C2H6/c1-2-13(16)15-9-5-12(6-10-15)11-3-7-14-8-4-11;1-2-5-11-6-3-4-8(9,10)7-11;1-2/h11-12,14H,2-10H2,1H3;2-7H2,1H3;1-2H3. The molecule has 3 heterocycles. The lowest BCUT2D eigenvalue weighted by Crippen LogP contribution is -2.42. The Bertz CT molecular complexity index is 432. The smallest absolute Gasteiger partial charge is 0.260 e. The van der Waals surface area contributed by atoms with E-state index < -0.39 is 5.92 Å². The van der Waals surface area contributed by atoms with E-state index in [2.05, 4.69) is 10.2 Å². The van der Waals surface area contributed by atoms with E-state index in [0.29, 0.717) is 18.7 Å². The van der Waals surface area contributed by atoms with Gasteiger partial charge in [-0.2, -0.15) is 0 Å². The predicted octanol–water partition coefficient (Wildman–Crippen LogP) is 4.79. The first-order valence-electron chi connectivity index (χ1n) is 12.0. The van der Waals surface area contributed by atoms with Crippen LogP contribution in [0.2, 0.25) is 0 Å². The predicted molar refractivity (Wildman–Crippen MR) is 117 cm³/mol. The average Bonchev–Trinajstić information content (AvgIpc) is 2.75. The van der Waals surface area contributed by atoms with Crippen LogP contribution < -0.4 is 5.32 Å². The van der Waals surface area contributed by atoms with Crippen LogP contribution in [0.1, 0.15) is 79.1 Å². The lowest BCUT2D eigenvalue weighted by molar-refractivity contribution is -0.132. The van der Waals surface area contributed by atoms with Crippen LogP contribution in [0.25, 0.3) is 0 Å². The van der Waals surface area contributed by atoms with Gasteiger partial charge < -0.3 is 10.2 Å². The fraction of sp³-hybridized carbons (Fsp3) is 0.957. The highest BCUT2D eigenvalue weighted by Crippen LogP contribution is 2.30. The molecule has 0 aromatic rings. The van der Waals surface area contributed by atoms with Gasteiger partial charge in [0.1, 0.15) is 0 Å². The molecule has 172 valence electrons. The number of alkyl halides is 2. The third kappa shape index (κ3) is 9.73. The summed E-state index contributed by atoms with van der Waals surface area (Å²) in [5.41, 5.74) is 0. The van der Waals surface area contributed by atoms with Crippen molar-refractivity contribution < 1.29 is 13.6 Å². The number of hydrogen-bond acceptors (Lipinski definition) is 3. The normalized spacial score (nSPS) is 23.4. The first-order chi connectivity index (χ1) is 13.9. The monoisotopic (exact) mass is 417 g/mol. The maximum absolute atomic E-state index is 12.7. The minimum atomic E-state index is -2.42. The van der Waals surface area contributed by atoms with Crippen molar-refractivity contribution in [1.29, 1.82) is 0 Å². The number of carbonyl (C=O) groups is 1. The number of nitrogens with one attached hydrogen (secondary N) is 1. The summed E-state index contributed by atoms with van der Waals surface area (Å²) < 4.78 is 25.5. The summed E-state index contributed by atoms with van der Waals surface area (Å²) >= 11 is 0. The molecule has 3 rings (SSSR count). The molecule has 3 aliphatic heterocycles. The zero-order valence-electron chi connectivity index (χ0n) is 19.3. The highest BCUT2D eigenvalue weighted by Gasteiger charge is 2.34. The lowest BCUT2D eigenvalue weighted by atomic mass is 9.79. The first-order valence-corrected chi connectivity index (χ1v) is 12.0. The van der Waals surface area contributed by atoms with Gasteiger partial charge in [0.15, 0.2) is 0 Å². The largest absolute Gasteiger partial charge is 0.343 e. The number of rotatable bonds is 4. The van der Waals surface area contributed by atoms with Crippen molar-refractivity contribution in [1.82, 2.24) is 15.1 Å². The molecule has 1 N–H and O–H groups in total. The molecule has 3 saturated heterocycles. The molecule has 0 aliphatic carbocycles. The van der Waals surface area contributed by atoms with E-state index in [9.17, 15) is 13.6 Å². The van der Waals surface area contributed by atoms with Gasteiger partial charge in [-0.1, -0.05) is 27.7 Å². The van der Waals surface area contributed by atoms with Crippen molar-refractivity contribution in [3.8, 4) is 0 Å². The van der Waals surface area contributed by atoms with Crippen molar-refractivity contribution in [2.45, 2.75) is 85.0 Å². The van der Waals surface area contributed by atoms with Crippen LogP contribution in [0.3, 0.4) is 0 Å². The Morgan fingerprint density at radius 2 is 1.59 bits per heavy atom. The molecule has 0 aromatic heterocycles. The molecule has 0 atom stereocenters. The van der Waals surface area contributed by atoms with Crippen LogP contribution in [0.4, 0.5) is 8.78 Å². The fourth-order valence-corrected chi connectivity index (χ4v) is 4.71. The quantitative estimate of drug-likeness (QED) is 0.714. The Balaban J connectivity index is 0.000000284. The summed E-state index contributed by atoms with van der Waals surface area (Å²) in [6.45, 7) is 14.0. The Kier molecular flexibility index (Phi) is 13.0. The van der Waals surface area contributed by atoms with Gasteiger partial charge in [-0.25, -0.2) is 8.78 Å². The van der Waals surface area contributed by atoms with Gasteiger partial charge in [-0.3, -0.25) is 9.69 Å². The van der Waals surface area contributed by atoms with Gasteiger partial charge in [-0.05, 0) is 76.5 Å². The van der Waals surface area contributed by atoms with Gasteiger partial charge >= 0.3 is 0 Å². The van der Waals surface area contributed by atoms with E-state index in [1.807, 2.05) is 32.6 Å². The van der Waals surface area contributed by atoms with Crippen LogP contribution in [0.15, 0.2) is 0 Å². The van der Waals surface area contributed by atoms with Crippen molar-refractivity contribution in [2.75, 3.05) is 45.8 Å². The van der Waals surface area contributed by atoms with Gasteiger partial charge in [0.25, 0.3) is 5.92 Å². The van der Waals surface area contributed by atoms with Crippen LogP contribution in [0.5, 0.6) is 0 Å². The molecule has 3 aliphatic rings. The summed E-state index contributed by atoms with van der Waals surface area (Å²) in [4.78, 5) is 15.5. The molecular weight excluding hydrogens is 372 g/mol. The average molecular weight is 418 g/mol. The Hall–Kier alpha value is -0.750. The maximum atomic E-state index is 12.7. The van der Waals surface area contributed by atoms with Crippen molar-refractivity contribution >= 4 is 5.91 Å². The SMILES string of the molecule is CC.CCC(=O)N1CCC(C2CCNCC2)CC1.CCCN1CCCC(F)(F)C1. The van der Waals surface area contributed by atoms with E-state index in [1.165, 1.54) is 38.8 Å². The molecule has 29 heavy (non-hydrogen) atoms. The van der Waals surface area contributed by atoms with Crippen molar-refractivity contribution in [3.05, 3.63) is 0 Å². The molecule has 0 spiro atoms. The topological polar surface area (TPSA) is 35.6 Å². The molecule has 0 saturated carbocycles. The van der Waals surface area contributed by atoms with Gasteiger partial charge in [0.2, 0.25) is 5.91 Å². The zero-order valence-corrected chi connectivity index (χ0v) is 19.3. The molecular formula is C23H45F2N3O. The van der Waals surface area contributed by atoms with E-state index in [1.54, 1.807) is 0 Å². The van der Waals surface area contributed by atoms with Gasteiger partial charge in [-0.15, -0.1) is 0 Å². The molecule has 3 fully saturated rings. The fourth-order valence-electron chi connectivity index (χ4n) is 4.71. The molecule has 0 unspecified atom stereocenters. The van der Waals surface area contributed by atoms with E-state index in [0.717, 1.165) is 44.4 Å². The molecule has 0 radical (unpaired) electrons. The van der Waals surface area contributed by atoms with Gasteiger partial charge in [0, 0.05) is 25.9 Å². The minimum Gasteiger partial charge on any atom is -0.343 e. The van der Waals surface area contributed by atoms with Crippen LogP contribution >= 0.6 is 0 Å². The van der Waals surface area contributed by atoms with Crippen molar-refractivity contribution in [2.24, 2.45) is 11.8 Å². The second kappa shape index (κ2) is 14.3.